The first-order valence-corrected chi connectivity index (χ1v) is 2.46. The molecule has 0 amide bonds. The van der Waals surface area contributed by atoms with Crippen molar-refractivity contribution in [3.63, 3.8) is 0 Å². The van der Waals surface area contributed by atoms with Gasteiger partial charge >= 0.3 is 0 Å². The van der Waals surface area contributed by atoms with Crippen LogP contribution in [0.4, 0.5) is 0 Å². The molecule has 2 nitrogen and oxygen atoms in total. The molecular formula is C5H7N2. The van der Waals surface area contributed by atoms with Crippen molar-refractivity contribution in [1.82, 2.24) is 5.32 Å². The fraction of sp³-hybridized carbons (Fsp3) is 0.800. The van der Waals surface area contributed by atoms with Crippen molar-refractivity contribution in [3.8, 4) is 6.07 Å². The Morgan fingerprint density at radius 3 is 2.86 bits per heavy atom. The SMILES string of the molecule is N#CC1CC[N]C1. The van der Waals surface area contributed by atoms with Crippen molar-refractivity contribution in [2.45, 2.75) is 6.42 Å². The quantitative estimate of drug-likeness (QED) is 0.421. The van der Waals surface area contributed by atoms with Crippen LogP contribution >= 0.6 is 0 Å². The Kier molecular flexibility index (Phi) is 1.28. The molecule has 7 heavy (non-hydrogen) atoms. The molecule has 1 radical (unpaired) electrons. The molecule has 1 aliphatic rings. The minimum absolute atomic E-state index is 0.236. The van der Waals surface area contributed by atoms with E-state index in [1.54, 1.807) is 0 Å². The Hall–Kier alpha value is -0.550. The number of hydrogen-bond acceptors (Lipinski definition) is 1. The second-order valence-corrected chi connectivity index (χ2v) is 1.74. The lowest BCUT2D eigenvalue weighted by Crippen LogP contribution is -1.98. The molecule has 0 aromatic carbocycles. The van der Waals surface area contributed by atoms with Gasteiger partial charge < -0.3 is 0 Å². The summed E-state index contributed by atoms with van der Waals surface area (Å²) in [4.78, 5) is 0. The van der Waals surface area contributed by atoms with Crippen LogP contribution in [0.25, 0.3) is 0 Å². The highest BCUT2D eigenvalue weighted by Gasteiger charge is 2.12. The molecule has 0 N–H and O–H groups in total. The summed E-state index contributed by atoms with van der Waals surface area (Å²) < 4.78 is 0. The van der Waals surface area contributed by atoms with Gasteiger partial charge in [0.2, 0.25) is 0 Å². The van der Waals surface area contributed by atoms with Crippen LogP contribution in [0.1, 0.15) is 6.42 Å². The van der Waals surface area contributed by atoms with E-state index in [2.05, 4.69) is 11.4 Å². The Morgan fingerprint density at radius 1 is 1.71 bits per heavy atom. The molecular weight excluding hydrogens is 88.1 g/mol. The molecule has 1 fully saturated rings. The summed E-state index contributed by atoms with van der Waals surface area (Å²) in [6.07, 6.45) is 0.983. The number of nitrogens with zero attached hydrogens (tertiary/aromatic N) is 2. The highest BCUT2D eigenvalue weighted by atomic mass is 14.9. The van der Waals surface area contributed by atoms with E-state index in [-0.39, 0.29) is 5.92 Å². The van der Waals surface area contributed by atoms with Crippen LogP contribution in [0.2, 0.25) is 0 Å². The molecule has 0 bridgehead atoms. The Bertz CT molecular complexity index is 86.7. The first-order valence-electron chi connectivity index (χ1n) is 2.46. The Morgan fingerprint density at radius 2 is 2.57 bits per heavy atom. The minimum atomic E-state index is 0.236. The molecule has 1 unspecified atom stereocenters. The van der Waals surface area contributed by atoms with E-state index in [4.69, 9.17) is 5.26 Å². The van der Waals surface area contributed by atoms with Crippen LogP contribution in [0.3, 0.4) is 0 Å². The summed E-state index contributed by atoms with van der Waals surface area (Å²) in [5, 5.41) is 12.3. The molecule has 1 saturated heterocycles. The van der Waals surface area contributed by atoms with E-state index in [9.17, 15) is 0 Å². The lowest BCUT2D eigenvalue weighted by molar-refractivity contribution is 0.740. The van der Waals surface area contributed by atoms with Crippen LogP contribution in [-0.4, -0.2) is 13.1 Å². The highest BCUT2D eigenvalue weighted by molar-refractivity contribution is 4.88. The molecule has 1 rings (SSSR count). The van der Waals surface area contributed by atoms with Gasteiger partial charge in [-0.2, -0.15) is 5.26 Å². The predicted octanol–water partition coefficient (Wildman–Crippen LogP) is 0.134. The molecule has 1 aliphatic heterocycles. The van der Waals surface area contributed by atoms with Gasteiger partial charge in [0.15, 0.2) is 0 Å². The average molecular weight is 95.1 g/mol. The number of rotatable bonds is 0. The Balaban J connectivity index is 2.31. The van der Waals surface area contributed by atoms with Crippen molar-refractivity contribution >= 4 is 0 Å². The van der Waals surface area contributed by atoms with Crippen LogP contribution < -0.4 is 5.32 Å². The van der Waals surface area contributed by atoms with E-state index in [0.717, 1.165) is 19.5 Å². The summed E-state index contributed by atoms with van der Waals surface area (Å²) in [7, 11) is 0. The smallest absolute Gasteiger partial charge is 0.0670 e. The van der Waals surface area contributed by atoms with E-state index in [1.165, 1.54) is 0 Å². The van der Waals surface area contributed by atoms with Gasteiger partial charge in [-0.15, -0.1) is 0 Å². The lowest BCUT2D eigenvalue weighted by atomic mass is 10.2. The molecule has 0 aliphatic carbocycles. The van der Waals surface area contributed by atoms with Gasteiger partial charge in [-0.25, -0.2) is 5.32 Å². The maximum absolute atomic E-state index is 8.26. The third kappa shape index (κ3) is 0.908. The summed E-state index contributed by atoms with van der Waals surface area (Å²) in [5.41, 5.74) is 0. The highest BCUT2D eigenvalue weighted by Crippen LogP contribution is 2.05. The third-order valence-corrected chi connectivity index (χ3v) is 1.17. The molecule has 37 valence electrons. The standard InChI is InChI=1S/C5H7N2/c6-3-5-1-2-7-4-5/h5H,1-2,4H2. The maximum Gasteiger partial charge on any atom is 0.0670 e. The van der Waals surface area contributed by atoms with Gasteiger partial charge in [0.25, 0.3) is 0 Å². The zero-order valence-electron chi connectivity index (χ0n) is 4.09. The predicted molar refractivity (Wildman–Crippen MR) is 25.6 cm³/mol. The lowest BCUT2D eigenvalue weighted by Gasteiger charge is -1.86. The fourth-order valence-electron chi connectivity index (χ4n) is 0.691. The zero-order valence-corrected chi connectivity index (χ0v) is 4.09. The summed E-state index contributed by atoms with van der Waals surface area (Å²) in [6, 6.07) is 2.17. The number of hydrogen-bond donors (Lipinski definition) is 0. The number of nitriles is 1. The molecule has 2 heteroatoms. The van der Waals surface area contributed by atoms with Crippen LogP contribution in [0.5, 0.6) is 0 Å². The van der Waals surface area contributed by atoms with Crippen molar-refractivity contribution < 1.29 is 0 Å². The fourth-order valence-corrected chi connectivity index (χ4v) is 0.691. The average Bonchev–Trinajstić information content (AvgIpc) is 2.14. The largest absolute Gasteiger partial charge is 0.240 e. The topological polar surface area (TPSA) is 37.9 Å². The molecule has 1 heterocycles. The molecule has 0 aromatic heterocycles. The van der Waals surface area contributed by atoms with Gasteiger partial charge in [0, 0.05) is 13.1 Å². The van der Waals surface area contributed by atoms with Crippen LogP contribution in [-0.2, 0) is 0 Å². The molecule has 0 aromatic rings. The van der Waals surface area contributed by atoms with Gasteiger partial charge in [0.05, 0.1) is 12.0 Å². The summed E-state index contributed by atoms with van der Waals surface area (Å²) in [5.74, 6) is 0.236. The van der Waals surface area contributed by atoms with E-state index in [0.29, 0.717) is 0 Å². The summed E-state index contributed by atoms with van der Waals surface area (Å²) >= 11 is 0. The molecule has 0 spiro atoms. The molecule has 1 atom stereocenters. The van der Waals surface area contributed by atoms with Crippen LogP contribution in [0.15, 0.2) is 0 Å². The first-order chi connectivity index (χ1) is 3.43. The second-order valence-electron chi connectivity index (χ2n) is 1.74. The minimum Gasteiger partial charge on any atom is -0.240 e. The third-order valence-electron chi connectivity index (χ3n) is 1.17. The van der Waals surface area contributed by atoms with Crippen molar-refractivity contribution in [2.75, 3.05) is 13.1 Å². The monoisotopic (exact) mass is 95.1 g/mol. The van der Waals surface area contributed by atoms with Crippen molar-refractivity contribution in [1.29, 1.82) is 5.26 Å². The van der Waals surface area contributed by atoms with Crippen molar-refractivity contribution in [3.05, 3.63) is 0 Å². The molecule has 0 saturated carbocycles. The zero-order chi connectivity index (χ0) is 5.11. The van der Waals surface area contributed by atoms with E-state index < -0.39 is 0 Å². The van der Waals surface area contributed by atoms with Gasteiger partial charge in [-0.05, 0) is 6.42 Å². The van der Waals surface area contributed by atoms with Crippen molar-refractivity contribution in [2.24, 2.45) is 5.92 Å². The van der Waals surface area contributed by atoms with E-state index in [1.807, 2.05) is 0 Å². The van der Waals surface area contributed by atoms with Gasteiger partial charge in [-0.1, -0.05) is 0 Å². The van der Waals surface area contributed by atoms with E-state index >= 15 is 0 Å². The Labute approximate surface area is 43.1 Å². The summed E-state index contributed by atoms with van der Waals surface area (Å²) in [6.45, 7) is 1.68. The first kappa shape index (κ1) is 4.61. The van der Waals surface area contributed by atoms with Gasteiger partial charge in [0.1, 0.15) is 0 Å². The van der Waals surface area contributed by atoms with Gasteiger partial charge in [-0.3, -0.25) is 0 Å². The normalized spacial score (nSPS) is 29.9. The second kappa shape index (κ2) is 1.94. The maximum atomic E-state index is 8.26. The van der Waals surface area contributed by atoms with Crippen LogP contribution in [0, 0.1) is 17.2 Å².